The van der Waals surface area contributed by atoms with Crippen molar-refractivity contribution in [3.8, 4) is 0 Å². The number of carboxylic acid groups (broad SMARTS) is 1. The van der Waals surface area contributed by atoms with Crippen LogP contribution in [0.4, 0.5) is 0 Å². The molecule has 2 atom stereocenters. The van der Waals surface area contributed by atoms with Gasteiger partial charge in [-0.15, -0.1) is 0 Å². The van der Waals surface area contributed by atoms with Gasteiger partial charge in [0.05, 0.1) is 11.7 Å². The van der Waals surface area contributed by atoms with Crippen LogP contribution in [0.15, 0.2) is 0 Å². The molecule has 114 valence electrons. The Bertz CT molecular complexity index is 490. The first-order valence-electron chi connectivity index (χ1n) is 6.88. The molecule has 0 unspecified atom stereocenters. The Kier molecular flexibility index (Phi) is 4.64. The van der Waals surface area contributed by atoms with Crippen molar-refractivity contribution in [1.29, 1.82) is 0 Å². The molecule has 0 bridgehead atoms. The maximum Gasteiger partial charge on any atom is 0.306 e. The number of amides is 1. The molecule has 0 aromatic heterocycles. The lowest BCUT2D eigenvalue weighted by Gasteiger charge is -2.16. The lowest BCUT2D eigenvalue weighted by Crippen LogP contribution is -2.36. The normalized spacial score (nSPS) is 29.4. The zero-order chi connectivity index (χ0) is 14.8. The number of rotatable bonds is 5. The Morgan fingerprint density at radius 2 is 2.05 bits per heavy atom. The summed E-state index contributed by atoms with van der Waals surface area (Å²) in [4.78, 5) is 22.6. The second kappa shape index (κ2) is 6.09. The number of hydrogen-bond donors (Lipinski definition) is 2. The summed E-state index contributed by atoms with van der Waals surface area (Å²) in [5.41, 5.74) is 0. The molecule has 0 aromatic carbocycles. The third-order valence-corrected chi connectivity index (χ3v) is 5.89. The van der Waals surface area contributed by atoms with Gasteiger partial charge in [-0.1, -0.05) is 0 Å². The Balaban J connectivity index is 1.73. The Hall–Kier alpha value is -1.15. The largest absolute Gasteiger partial charge is 0.481 e. The lowest BCUT2D eigenvalue weighted by molar-refractivity contribution is -0.141. The molecule has 1 aliphatic heterocycles. The van der Waals surface area contributed by atoms with Crippen LogP contribution in [0.2, 0.25) is 0 Å². The standard InChI is InChI=1S/C12H20N2O5S/c15-11(4-6-14-5-1-7-20(14,18)19)13-10-3-2-9(8-10)12(16)17/h9-10H,1-8H2,(H,13,15)(H,16,17)/t9-,10+/m1/s1. The minimum Gasteiger partial charge on any atom is -0.481 e. The quantitative estimate of drug-likeness (QED) is 0.731. The van der Waals surface area contributed by atoms with Crippen molar-refractivity contribution in [3.05, 3.63) is 0 Å². The van der Waals surface area contributed by atoms with Gasteiger partial charge in [-0.05, 0) is 25.7 Å². The van der Waals surface area contributed by atoms with E-state index in [4.69, 9.17) is 5.11 Å². The summed E-state index contributed by atoms with van der Waals surface area (Å²) in [5.74, 6) is -1.23. The fraction of sp³-hybridized carbons (Fsp3) is 0.833. The first-order chi connectivity index (χ1) is 9.38. The summed E-state index contributed by atoms with van der Waals surface area (Å²) in [7, 11) is -3.15. The molecule has 2 fully saturated rings. The second-order valence-electron chi connectivity index (χ2n) is 5.43. The van der Waals surface area contributed by atoms with Gasteiger partial charge >= 0.3 is 5.97 Å². The van der Waals surface area contributed by atoms with E-state index in [9.17, 15) is 18.0 Å². The number of carbonyl (C=O) groups is 2. The highest BCUT2D eigenvalue weighted by atomic mass is 32.2. The van der Waals surface area contributed by atoms with Crippen molar-refractivity contribution in [2.24, 2.45) is 5.92 Å². The van der Waals surface area contributed by atoms with E-state index in [-0.39, 0.29) is 36.6 Å². The fourth-order valence-corrected chi connectivity index (χ4v) is 4.33. The minimum absolute atomic E-state index is 0.0983. The van der Waals surface area contributed by atoms with Gasteiger partial charge in [-0.3, -0.25) is 9.59 Å². The Morgan fingerprint density at radius 1 is 1.30 bits per heavy atom. The molecule has 8 heteroatoms. The highest BCUT2D eigenvalue weighted by Gasteiger charge is 2.31. The molecule has 0 aromatic rings. The molecular weight excluding hydrogens is 284 g/mol. The van der Waals surface area contributed by atoms with E-state index in [1.165, 1.54) is 4.31 Å². The van der Waals surface area contributed by atoms with Gasteiger partial charge in [0.15, 0.2) is 0 Å². The number of carboxylic acids is 1. The van der Waals surface area contributed by atoms with Gasteiger partial charge in [0.1, 0.15) is 0 Å². The zero-order valence-electron chi connectivity index (χ0n) is 11.2. The zero-order valence-corrected chi connectivity index (χ0v) is 12.1. The van der Waals surface area contributed by atoms with E-state index in [0.717, 1.165) is 0 Å². The van der Waals surface area contributed by atoms with Gasteiger partial charge in [0.25, 0.3) is 0 Å². The summed E-state index contributed by atoms with van der Waals surface area (Å²) in [6, 6.07) is -0.0983. The van der Waals surface area contributed by atoms with E-state index >= 15 is 0 Å². The van der Waals surface area contributed by atoms with Crippen molar-refractivity contribution in [2.45, 2.75) is 38.1 Å². The average molecular weight is 304 g/mol. The minimum atomic E-state index is -3.15. The summed E-state index contributed by atoms with van der Waals surface area (Å²) in [6.07, 6.45) is 2.47. The maximum absolute atomic E-state index is 11.8. The van der Waals surface area contributed by atoms with E-state index in [1.807, 2.05) is 0 Å². The smallest absolute Gasteiger partial charge is 0.306 e. The molecule has 2 aliphatic rings. The molecular formula is C12H20N2O5S. The molecule has 0 spiro atoms. The highest BCUT2D eigenvalue weighted by molar-refractivity contribution is 7.89. The predicted molar refractivity (Wildman–Crippen MR) is 71.5 cm³/mol. The first-order valence-corrected chi connectivity index (χ1v) is 8.49. The lowest BCUT2D eigenvalue weighted by atomic mass is 10.1. The van der Waals surface area contributed by atoms with Crippen molar-refractivity contribution in [3.63, 3.8) is 0 Å². The van der Waals surface area contributed by atoms with Crippen molar-refractivity contribution < 1.29 is 23.1 Å². The summed E-state index contributed by atoms with van der Waals surface area (Å²) in [5, 5.41) is 11.7. The van der Waals surface area contributed by atoms with Gasteiger partial charge < -0.3 is 10.4 Å². The SMILES string of the molecule is O=C(CCN1CCCS1(=O)=O)N[C@H]1CC[C@@H](C(=O)O)C1. The molecule has 20 heavy (non-hydrogen) atoms. The Morgan fingerprint density at radius 3 is 2.60 bits per heavy atom. The number of nitrogens with zero attached hydrogens (tertiary/aromatic N) is 1. The van der Waals surface area contributed by atoms with Crippen molar-refractivity contribution >= 4 is 21.9 Å². The highest BCUT2D eigenvalue weighted by Crippen LogP contribution is 2.25. The van der Waals surface area contributed by atoms with Crippen LogP contribution in [0.3, 0.4) is 0 Å². The molecule has 2 N–H and O–H groups in total. The number of nitrogens with one attached hydrogen (secondary N) is 1. The van der Waals surface area contributed by atoms with E-state index in [0.29, 0.717) is 32.2 Å². The predicted octanol–water partition coefficient (Wildman–Crippen LogP) is -0.218. The van der Waals surface area contributed by atoms with Crippen LogP contribution >= 0.6 is 0 Å². The molecule has 1 aliphatic carbocycles. The molecule has 2 rings (SSSR count). The van der Waals surface area contributed by atoms with E-state index in [2.05, 4.69) is 5.32 Å². The van der Waals surface area contributed by atoms with Crippen LogP contribution in [0.5, 0.6) is 0 Å². The van der Waals surface area contributed by atoms with Gasteiger partial charge in [-0.25, -0.2) is 12.7 Å². The molecule has 1 saturated carbocycles. The molecule has 7 nitrogen and oxygen atoms in total. The third kappa shape index (κ3) is 3.69. The van der Waals surface area contributed by atoms with Crippen LogP contribution in [0, 0.1) is 5.92 Å². The number of hydrogen-bond acceptors (Lipinski definition) is 4. The van der Waals surface area contributed by atoms with Gasteiger partial charge in [-0.2, -0.15) is 0 Å². The number of aliphatic carboxylic acids is 1. The third-order valence-electron chi connectivity index (χ3n) is 3.94. The summed E-state index contributed by atoms with van der Waals surface area (Å²) < 4.78 is 24.5. The van der Waals surface area contributed by atoms with Crippen molar-refractivity contribution in [1.82, 2.24) is 9.62 Å². The fourth-order valence-electron chi connectivity index (χ4n) is 2.81. The van der Waals surface area contributed by atoms with Gasteiger partial charge in [0, 0.05) is 25.6 Å². The molecule has 1 heterocycles. The maximum atomic E-state index is 11.8. The first kappa shape index (κ1) is 15.2. The monoisotopic (exact) mass is 304 g/mol. The van der Waals surface area contributed by atoms with Crippen LogP contribution in [-0.4, -0.2) is 54.6 Å². The summed E-state index contributed by atoms with van der Waals surface area (Å²) in [6.45, 7) is 0.698. The average Bonchev–Trinajstić information content (AvgIpc) is 2.93. The molecule has 1 amide bonds. The van der Waals surface area contributed by atoms with E-state index < -0.39 is 16.0 Å². The topological polar surface area (TPSA) is 104 Å². The number of carbonyl (C=O) groups excluding carboxylic acids is 1. The van der Waals surface area contributed by atoms with Crippen LogP contribution < -0.4 is 5.32 Å². The van der Waals surface area contributed by atoms with E-state index in [1.54, 1.807) is 0 Å². The second-order valence-corrected chi connectivity index (χ2v) is 7.52. The van der Waals surface area contributed by atoms with Crippen LogP contribution in [0.1, 0.15) is 32.1 Å². The van der Waals surface area contributed by atoms with Crippen molar-refractivity contribution in [2.75, 3.05) is 18.8 Å². The molecule has 1 saturated heterocycles. The summed E-state index contributed by atoms with van der Waals surface area (Å²) >= 11 is 0. The Labute approximate surface area is 118 Å². The van der Waals surface area contributed by atoms with Crippen LogP contribution in [0.25, 0.3) is 0 Å². The number of sulfonamides is 1. The van der Waals surface area contributed by atoms with Gasteiger partial charge in [0.2, 0.25) is 15.9 Å². The molecule has 0 radical (unpaired) electrons. The van der Waals surface area contributed by atoms with Crippen LogP contribution in [-0.2, 0) is 19.6 Å².